The number of nitrogens with zero attached hydrogens (tertiary/aromatic N) is 2. The third-order valence-corrected chi connectivity index (χ3v) is 6.49. The van der Waals surface area contributed by atoms with Crippen LogP contribution in [-0.2, 0) is 16.6 Å². The highest BCUT2D eigenvalue weighted by Crippen LogP contribution is 2.22. The molecule has 1 N–H and O–H groups in total. The van der Waals surface area contributed by atoms with Crippen molar-refractivity contribution in [2.75, 3.05) is 20.1 Å². The first-order valence-electron chi connectivity index (χ1n) is 8.07. The monoisotopic (exact) mass is 381 g/mol. The SMILES string of the molecule is CN(Cc1ccccc1Cl)S(=O)(=O)c1c[nH]c(C(=O)N2CCCC2)c1. The van der Waals surface area contributed by atoms with Crippen LogP contribution in [0.3, 0.4) is 0 Å². The van der Waals surface area contributed by atoms with E-state index in [9.17, 15) is 13.2 Å². The molecular weight excluding hydrogens is 362 g/mol. The molecule has 1 aromatic heterocycles. The quantitative estimate of drug-likeness (QED) is 0.865. The number of carbonyl (C=O) groups is 1. The molecule has 8 heteroatoms. The second-order valence-corrected chi connectivity index (χ2v) is 8.55. The van der Waals surface area contributed by atoms with Gasteiger partial charge < -0.3 is 9.88 Å². The van der Waals surface area contributed by atoms with Crippen LogP contribution in [0.25, 0.3) is 0 Å². The summed E-state index contributed by atoms with van der Waals surface area (Å²) >= 11 is 6.10. The summed E-state index contributed by atoms with van der Waals surface area (Å²) in [6.45, 7) is 1.58. The molecule has 1 amide bonds. The molecule has 25 heavy (non-hydrogen) atoms. The Kier molecular flexibility index (Phi) is 5.17. The fraction of sp³-hybridized carbons (Fsp3) is 0.353. The van der Waals surface area contributed by atoms with Crippen molar-refractivity contribution in [1.82, 2.24) is 14.2 Å². The molecule has 1 fully saturated rings. The number of benzene rings is 1. The van der Waals surface area contributed by atoms with Gasteiger partial charge in [0.15, 0.2) is 0 Å². The van der Waals surface area contributed by atoms with Gasteiger partial charge in [0.1, 0.15) is 10.6 Å². The second kappa shape index (κ2) is 7.19. The van der Waals surface area contributed by atoms with Crippen molar-refractivity contribution in [3.8, 4) is 0 Å². The van der Waals surface area contributed by atoms with Gasteiger partial charge in [-0.2, -0.15) is 4.31 Å². The molecule has 2 heterocycles. The van der Waals surface area contributed by atoms with Gasteiger partial charge in [0.2, 0.25) is 10.0 Å². The third kappa shape index (κ3) is 3.73. The number of H-pyrrole nitrogens is 1. The van der Waals surface area contributed by atoms with Gasteiger partial charge in [-0.05, 0) is 30.5 Å². The zero-order valence-electron chi connectivity index (χ0n) is 13.9. The Bertz CT molecular complexity index is 873. The van der Waals surface area contributed by atoms with Crippen LogP contribution in [-0.4, -0.2) is 48.7 Å². The van der Waals surface area contributed by atoms with Gasteiger partial charge in [0.05, 0.1) is 0 Å². The maximum absolute atomic E-state index is 12.7. The molecule has 1 aliphatic rings. The summed E-state index contributed by atoms with van der Waals surface area (Å²) in [7, 11) is -2.22. The van der Waals surface area contributed by atoms with Gasteiger partial charge in [-0.3, -0.25) is 4.79 Å². The Labute approximate surface area is 152 Å². The summed E-state index contributed by atoms with van der Waals surface area (Å²) in [6, 6.07) is 8.51. The molecule has 3 rings (SSSR count). The molecule has 6 nitrogen and oxygen atoms in total. The Morgan fingerprint density at radius 3 is 2.64 bits per heavy atom. The zero-order chi connectivity index (χ0) is 18.0. The van der Waals surface area contributed by atoms with E-state index >= 15 is 0 Å². The van der Waals surface area contributed by atoms with Crippen LogP contribution in [0, 0.1) is 0 Å². The van der Waals surface area contributed by atoms with Crippen molar-refractivity contribution in [3.05, 3.63) is 52.8 Å². The second-order valence-electron chi connectivity index (χ2n) is 6.10. The molecule has 134 valence electrons. The minimum atomic E-state index is -3.72. The maximum atomic E-state index is 12.7. The molecule has 0 radical (unpaired) electrons. The van der Waals surface area contributed by atoms with E-state index < -0.39 is 10.0 Å². The standard InChI is InChI=1S/C17H20ClN3O3S/c1-20(12-13-6-2-3-7-15(13)18)25(23,24)14-10-16(19-11-14)17(22)21-8-4-5-9-21/h2-3,6-7,10-11,19H,4-5,8-9,12H2,1H3. The first-order valence-corrected chi connectivity index (χ1v) is 9.89. The van der Waals surface area contributed by atoms with Crippen molar-refractivity contribution in [1.29, 1.82) is 0 Å². The van der Waals surface area contributed by atoms with E-state index in [1.807, 2.05) is 6.07 Å². The number of halogens is 1. The Morgan fingerprint density at radius 1 is 1.28 bits per heavy atom. The summed E-state index contributed by atoms with van der Waals surface area (Å²) in [5, 5.41) is 0.517. The fourth-order valence-electron chi connectivity index (χ4n) is 2.87. The Balaban J connectivity index is 1.78. The number of sulfonamides is 1. The van der Waals surface area contributed by atoms with Crippen molar-refractivity contribution in [3.63, 3.8) is 0 Å². The van der Waals surface area contributed by atoms with E-state index in [0.29, 0.717) is 23.8 Å². The normalized spacial score (nSPS) is 15.1. The lowest BCUT2D eigenvalue weighted by Crippen LogP contribution is -2.28. The fourth-order valence-corrected chi connectivity index (χ4v) is 4.21. The van der Waals surface area contributed by atoms with Crippen LogP contribution < -0.4 is 0 Å². The molecule has 0 atom stereocenters. The minimum absolute atomic E-state index is 0.0737. The van der Waals surface area contributed by atoms with Crippen LogP contribution in [0.15, 0.2) is 41.4 Å². The van der Waals surface area contributed by atoms with E-state index in [2.05, 4.69) is 4.98 Å². The van der Waals surface area contributed by atoms with Crippen LogP contribution in [0.5, 0.6) is 0 Å². The molecule has 2 aromatic rings. The van der Waals surface area contributed by atoms with E-state index in [-0.39, 0.29) is 17.3 Å². The molecule has 0 saturated carbocycles. The van der Waals surface area contributed by atoms with Gasteiger partial charge in [0, 0.05) is 37.9 Å². The molecule has 1 saturated heterocycles. The average Bonchev–Trinajstić information content (AvgIpc) is 3.28. The number of amides is 1. The van der Waals surface area contributed by atoms with Crippen molar-refractivity contribution >= 4 is 27.5 Å². The molecule has 0 spiro atoms. The number of nitrogens with one attached hydrogen (secondary N) is 1. The van der Waals surface area contributed by atoms with Crippen molar-refractivity contribution in [2.45, 2.75) is 24.3 Å². The molecule has 1 aliphatic heterocycles. The minimum Gasteiger partial charge on any atom is -0.356 e. The number of carbonyl (C=O) groups excluding carboxylic acids is 1. The lowest BCUT2D eigenvalue weighted by Gasteiger charge is -2.17. The Morgan fingerprint density at radius 2 is 1.96 bits per heavy atom. The topological polar surface area (TPSA) is 73.5 Å². The number of hydrogen-bond acceptors (Lipinski definition) is 3. The summed E-state index contributed by atoms with van der Waals surface area (Å²) in [4.78, 5) is 17.0. The van der Waals surface area contributed by atoms with Gasteiger partial charge >= 0.3 is 0 Å². The number of aromatic nitrogens is 1. The lowest BCUT2D eigenvalue weighted by molar-refractivity contribution is 0.0787. The van der Waals surface area contributed by atoms with Gasteiger partial charge in [-0.15, -0.1) is 0 Å². The predicted octanol–water partition coefficient (Wildman–Crippen LogP) is 2.72. The highest BCUT2D eigenvalue weighted by atomic mass is 35.5. The van der Waals surface area contributed by atoms with Gasteiger partial charge in [-0.1, -0.05) is 29.8 Å². The summed E-state index contributed by atoms with van der Waals surface area (Å²) in [6.07, 6.45) is 3.33. The van der Waals surface area contributed by atoms with E-state index in [1.54, 1.807) is 23.1 Å². The lowest BCUT2D eigenvalue weighted by atomic mass is 10.2. The predicted molar refractivity (Wildman–Crippen MR) is 96.0 cm³/mol. The summed E-state index contributed by atoms with van der Waals surface area (Å²) in [5.41, 5.74) is 1.02. The molecule has 0 unspecified atom stereocenters. The smallest absolute Gasteiger partial charge is 0.270 e. The number of aromatic amines is 1. The highest BCUT2D eigenvalue weighted by Gasteiger charge is 2.26. The third-order valence-electron chi connectivity index (χ3n) is 4.34. The van der Waals surface area contributed by atoms with Crippen molar-refractivity contribution < 1.29 is 13.2 Å². The van der Waals surface area contributed by atoms with E-state index in [4.69, 9.17) is 11.6 Å². The van der Waals surface area contributed by atoms with Crippen molar-refractivity contribution in [2.24, 2.45) is 0 Å². The summed E-state index contributed by atoms with van der Waals surface area (Å²) < 4.78 is 26.7. The highest BCUT2D eigenvalue weighted by molar-refractivity contribution is 7.89. The average molecular weight is 382 g/mol. The largest absolute Gasteiger partial charge is 0.356 e. The summed E-state index contributed by atoms with van der Waals surface area (Å²) in [5.74, 6) is -0.160. The molecule has 0 aliphatic carbocycles. The van der Waals surface area contributed by atoms with Gasteiger partial charge in [-0.25, -0.2) is 8.42 Å². The molecular formula is C17H20ClN3O3S. The maximum Gasteiger partial charge on any atom is 0.270 e. The molecule has 1 aromatic carbocycles. The van der Waals surface area contributed by atoms with Crippen LogP contribution in [0.4, 0.5) is 0 Å². The first kappa shape index (κ1) is 18.0. The van der Waals surface area contributed by atoms with Crippen LogP contribution in [0.2, 0.25) is 5.02 Å². The molecule has 0 bridgehead atoms. The van der Waals surface area contributed by atoms with E-state index in [1.165, 1.54) is 23.6 Å². The van der Waals surface area contributed by atoms with Crippen LogP contribution >= 0.6 is 11.6 Å². The van der Waals surface area contributed by atoms with E-state index in [0.717, 1.165) is 18.4 Å². The number of likely N-dealkylation sites (tertiary alicyclic amines) is 1. The first-order chi connectivity index (χ1) is 11.9. The Hall–Kier alpha value is -1.83. The number of rotatable bonds is 5. The van der Waals surface area contributed by atoms with Crippen LogP contribution in [0.1, 0.15) is 28.9 Å². The number of hydrogen-bond donors (Lipinski definition) is 1. The van der Waals surface area contributed by atoms with Gasteiger partial charge in [0.25, 0.3) is 5.91 Å². The zero-order valence-corrected chi connectivity index (χ0v) is 15.5.